The van der Waals surface area contributed by atoms with E-state index >= 15 is 0 Å². The van der Waals surface area contributed by atoms with Crippen LogP contribution in [0.15, 0.2) is 48.5 Å². The summed E-state index contributed by atoms with van der Waals surface area (Å²) in [6.07, 6.45) is -0.354. The minimum absolute atomic E-state index is 0.0442. The number of nitrogens with zero attached hydrogens (tertiary/aromatic N) is 1. The first-order valence-electron chi connectivity index (χ1n) is 10.8. The van der Waals surface area contributed by atoms with Crippen LogP contribution in [-0.2, 0) is 14.3 Å². The van der Waals surface area contributed by atoms with Gasteiger partial charge in [0.15, 0.2) is 0 Å². The summed E-state index contributed by atoms with van der Waals surface area (Å²) in [6, 6.07) is 15.3. The van der Waals surface area contributed by atoms with Crippen LogP contribution < -0.4 is 5.32 Å². The smallest absolute Gasteiger partial charge is 0.407 e. The van der Waals surface area contributed by atoms with Crippen LogP contribution >= 0.6 is 0 Å². The first kappa shape index (κ1) is 23.3. The lowest BCUT2D eigenvalue weighted by Gasteiger charge is -2.30. The molecule has 1 aliphatic carbocycles. The number of amides is 2. The Labute approximate surface area is 188 Å². The zero-order valence-electron chi connectivity index (χ0n) is 18.9. The summed E-state index contributed by atoms with van der Waals surface area (Å²) in [6.45, 7) is 5.31. The topological polar surface area (TPSA) is 95.9 Å². The largest absolute Gasteiger partial charge is 0.480 e. The zero-order valence-corrected chi connectivity index (χ0v) is 18.9. The van der Waals surface area contributed by atoms with E-state index in [4.69, 9.17) is 4.74 Å². The van der Waals surface area contributed by atoms with Crippen LogP contribution in [0.3, 0.4) is 0 Å². The molecule has 0 fully saturated rings. The van der Waals surface area contributed by atoms with Crippen molar-refractivity contribution in [1.82, 2.24) is 10.2 Å². The van der Waals surface area contributed by atoms with Gasteiger partial charge in [-0.2, -0.15) is 0 Å². The highest BCUT2D eigenvalue weighted by molar-refractivity contribution is 5.84. The summed E-state index contributed by atoms with van der Waals surface area (Å²) in [4.78, 5) is 37.6. The average Bonchev–Trinajstić information content (AvgIpc) is 3.05. The summed E-state index contributed by atoms with van der Waals surface area (Å²) >= 11 is 0. The van der Waals surface area contributed by atoms with Gasteiger partial charge in [-0.1, -0.05) is 55.5 Å². The second-order valence-corrected chi connectivity index (χ2v) is 8.78. The van der Waals surface area contributed by atoms with Crippen LogP contribution in [0.25, 0.3) is 11.1 Å². The van der Waals surface area contributed by atoms with Crippen molar-refractivity contribution in [1.29, 1.82) is 0 Å². The van der Waals surface area contributed by atoms with E-state index in [1.54, 1.807) is 20.8 Å². The molecule has 0 saturated carbocycles. The van der Waals surface area contributed by atoms with Crippen molar-refractivity contribution >= 4 is 18.0 Å². The number of carbonyl (C=O) groups excluding carboxylic acids is 2. The van der Waals surface area contributed by atoms with Gasteiger partial charge in [-0.3, -0.25) is 4.79 Å². The van der Waals surface area contributed by atoms with Crippen LogP contribution in [0.5, 0.6) is 0 Å². The van der Waals surface area contributed by atoms with E-state index in [1.807, 2.05) is 36.4 Å². The predicted octanol–water partition coefficient (Wildman–Crippen LogP) is 4.02. The molecule has 170 valence electrons. The van der Waals surface area contributed by atoms with Gasteiger partial charge in [-0.05, 0) is 42.5 Å². The van der Waals surface area contributed by atoms with Crippen LogP contribution in [0.1, 0.15) is 50.7 Å². The number of alkyl carbamates (subject to hydrolysis) is 1. The number of hydrogen-bond donors (Lipinski definition) is 2. The Bertz CT molecular complexity index is 971. The van der Waals surface area contributed by atoms with Crippen molar-refractivity contribution in [3.63, 3.8) is 0 Å². The van der Waals surface area contributed by atoms with Crippen molar-refractivity contribution in [2.45, 2.75) is 51.1 Å². The number of nitrogens with one attached hydrogen (secondary N) is 1. The van der Waals surface area contributed by atoms with E-state index in [2.05, 4.69) is 17.4 Å². The average molecular weight is 439 g/mol. The third kappa shape index (κ3) is 4.93. The summed E-state index contributed by atoms with van der Waals surface area (Å²) in [5.74, 6) is -1.46. The van der Waals surface area contributed by atoms with Gasteiger partial charge in [0, 0.05) is 24.9 Å². The Kier molecular flexibility index (Phi) is 6.87. The molecule has 1 unspecified atom stereocenters. The normalized spacial score (nSPS) is 13.6. The Balaban J connectivity index is 1.61. The molecule has 1 aliphatic rings. The molecule has 0 radical (unpaired) electrons. The summed E-state index contributed by atoms with van der Waals surface area (Å²) in [5, 5.41) is 12.0. The maximum atomic E-state index is 12.6. The van der Waals surface area contributed by atoms with Gasteiger partial charge in [0.1, 0.15) is 12.6 Å². The number of carboxylic acids is 1. The highest BCUT2D eigenvalue weighted by Crippen LogP contribution is 2.44. The zero-order chi connectivity index (χ0) is 23.5. The quantitative estimate of drug-likeness (QED) is 0.649. The Morgan fingerprint density at radius 1 is 1.06 bits per heavy atom. The molecule has 2 aromatic rings. The molecule has 2 N–H and O–H groups in total. The van der Waals surface area contributed by atoms with E-state index in [9.17, 15) is 19.5 Å². The number of carbonyl (C=O) groups is 3. The van der Waals surface area contributed by atoms with Gasteiger partial charge >= 0.3 is 12.1 Å². The first-order valence-corrected chi connectivity index (χ1v) is 10.8. The number of carboxylic acid groups (broad SMARTS) is 1. The monoisotopic (exact) mass is 438 g/mol. The lowest BCUT2D eigenvalue weighted by molar-refractivity contribution is -0.149. The molecule has 0 aromatic heterocycles. The van der Waals surface area contributed by atoms with Crippen LogP contribution in [-0.4, -0.2) is 53.2 Å². The molecule has 7 heteroatoms. The number of benzene rings is 2. The maximum absolute atomic E-state index is 12.6. The standard InChI is InChI=1S/C25H30N2O5/c1-5-21(23(29)30)27(4)22(28)14-25(2,3)26-24(31)32-15-20-18-12-8-6-10-16(18)17-11-7-9-13-19(17)20/h6-13,20-21H,5,14-15H2,1-4H3,(H,26,31)(H,29,30). The number of hydrogen-bond acceptors (Lipinski definition) is 4. The van der Waals surface area contributed by atoms with Gasteiger partial charge in [0.25, 0.3) is 0 Å². The fourth-order valence-electron chi connectivity index (χ4n) is 4.25. The van der Waals surface area contributed by atoms with Crippen molar-refractivity contribution in [2.24, 2.45) is 0 Å². The van der Waals surface area contributed by atoms with Crippen molar-refractivity contribution in [2.75, 3.05) is 13.7 Å². The van der Waals surface area contributed by atoms with Gasteiger partial charge < -0.3 is 20.1 Å². The number of likely N-dealkylation sites (N-methyl/N-ethyl adjacent to an activating group) is 1. The van der Waals surface area contributed by atoms with E-state index in [0.717, 1.165) is 22.3 Å². The molecular weight excluding hydrogens is 408 g/mol. The van der Waals surface area contributed by atoms with Crippen LogP contribution in [0.2, 0.25) is 0 Å². The van der Waals surface area contributed by atoms with Gasteiger partial charge in [-0.15, -0.1) is 0 Å². The third-order valence-corrected chi connectivity index (χ3v) is 5.91. The number of fused-ring (bicyclic) bond motifs is 3. The molecular formula is C25H30N2O5. The summed E-state index contributed by atoms with van der Waals surface area (Å²) < 4.78 is 5.56. The van der Waals surface area contributed by atoms with Gasteiger partial charge in [-0.25, -0.2) is 9.59 Å². The lowest BCUT2D eigenvalue weighted by Crippen LogP contribution is -2.50. The minimum atomic E-state index is -1.05. The molecule has 0 aliphatic heterocycles. The van der Waals surface area contributed by atoms with E-state index < -0.39 is 23.6 Å². The van der Waals surface area contributed by atoms with Crippen LogP contribution in [0, 0.1) is 0 Å². The summed E-state index contributed by atoms with van der Waals surface area (Å²) in [7, 11) is 1.47. The van der Waals surface area contributed by atoms with Crippen LogP contribution in [0.4, 0.5) is 4.79 Å². The second kappa shape index (κ2) is 9.42. The van der Waals surface area contributed by atoms with Crippen molar-refractivity contribution < 1.29 is 24.2 Å². The molecule has 7 nitrogen and oxygen atoms in total. The molecule has 0 bridgehead atoms. The number of ether oxygens (including phenoxy) is 1. The Morgan fingerprint density at radius 3 is 2.09 bits per heavy atom. The van der Waals surface area contributed by atoms with Crippen molar-refractivity contribution in [3.05, 3.63) is 59.7 Å². The molecule has 0 spiro atoms. The van der Waals surface area contributed by atoms with E-state index in [0.29, 0.717) is 6.42 Å². The molecule has 3 rings (SSSR count). The fourth-order valence-corrected chi connectivity index (χ4v) is 4.25. The molecule has 2 amide bonds. The molecule has 32 heavy (non-hydrogen) atoms. The lowest BCUT2D eigenvalue weighted by atomic mass is 9.98. The van der Waals surface area contributed by atoms with Gasteiger partial charge in [0.2, 0.25) is 5.91 Å². The predicted molar refractivity (Wildman–Crippen MR) is 121 cm³/mol. The SMILES string of the molecule is CCC(C(=O)O)N(C)C(=O)CC(C)(C)NC(=O)OCC1c2ccccc2-c2ccccc21. The van der Waals surface area contributed by atoms with E-state index in [1.165, 1.54) is 11.9 Å². The summed E-state index contributed by atoms with van der Waals surface area (Å²) in [5.41, 5.74) is 3.64. The molecule has 1 atom stereocenters. The number of aliphatic carboxylic acids is 1. The first-order chi connectivity index (χ1) is 15.1. The number of rotatable bonds is 8. The van der Waals surface area contributed by atoms with Crippen molar-refractivity contribution in [3.8, 4) is 11.1 Å². The fraction of sp³-hybridized carbons (Fsp3) is 0.400. The Morgan fingerprint density at radius 2 is 1.59 bits per heavy atom. The highest BCUT2D eigenvalue weighted by Gasteiger charge is 2.32. The van der Waals surface area contributed by atoms with E-state index in [-0.39, 0.29) is 24.9 Å². The molecule has 0 saturated heterocycles. The Hall–Kier alpha value is -3.35. The maximum Gasteiger partial charge on any atom is 0.407 e. The molecule has 0 heterocycles. The van der Waals surface area contributed by atoms with Gasteiger partial charge in [0.05, 0.1) is 0 Å². The third-order valence-electron chi connectivity index (χ3n) is 5.91. The second-order valence-electron chi connectivity index (χ2n) is 8.78. The molecule has 2 aromatic carbocycles. The minimum Gasteiger partial charge on any atom is -0.480 e. The highest BCUT2D eigenvalue weighted by atomic mass is 16.5.